The summed E-state index contributed by atoms with van der Waals surface area (Å²) in [5.74, 6) is 0.601. The monoisotopic (exact) mass is 501 g/mol. The van der Waals surface area contributed by atoms with E-state index in [1.807, 2.05) is 25.1 Å². The van der Waals surface area contributed by atoms with Crippen LogP contribution in [-0.4, -0.2) is 40.4 Å². The average Bonchev–Trinajstić information content (AvgIpc) is 3.27. The van der Waals surface area contributed by atoms with E-state index in [0.717, 1.165) is 25.1 Å². The molecule has 0 saturated carbocycles. The van der Waals surface area contributed by atoms with Crippen molar-refractivity contribution >= 4 is 33.2 Å². The number of rotatable bonds is 7. The van der Waals surface area contributed by atoms with E-state index in [-0.39, 0.29) is 22.6 Å². The summed E-state index contributed by atoms with van der Waals surface area (Å²) in [6, 6.07) is 10.9. The molecule has 2 atom stereocenters. The number of methoxy groups -OCH3 is 1. The molecule has 1 heterocycles. The molecule has 4 rings (SSSR count). The zero-order chi connectivity index (χ0) is 24.3. The van der Waals surface area contributed by atoms with Gasteiger partial charge in [0.05, 0.1) is 28.8 Å². The Bertz CT molecular complexity index is 1240. The number of benzene rings is 2. The van der Waals surface area contributed by atoms with Crippen molar-refractivity contribution in [1.29, 1.82) is 0 Å². The van der Waals surface area contributed by atoms with Gasteiger partial charge in [0.1, 0.15) is 5.75 Å². The van der Waals surface area contributed by atoms with Gasteiger partial charge in [-0.25, -0.2) is 13.2 Å². The largest absolute Gasteiger partial charge is 0.495 e. The fraction of sp³-hybridized carbons (Fsp3) is 0.320. The third-order valence-corrected chi connectivity index (χ3v) is 8.27. The Balaban J connectivity index is 1.33. The minimum Gasteiger partial charge on any atom is -0.495 e. The van der Waals surface area contributed by atoms with E-state index in [2.05, 4.69) is 16.0 Å². The van der Waals surface area contributed by atoms with Crippen molar-refractivity contribution in [2.24, 2.45) is 5.92 Å². The summed E-state index contributed by atoms with van der Waals surface area (Å²) in [6.07, 6.45) is 4.82. The summed E-state index contributed by atoms with van der Waals surface area (Å²) in [5.41, 5.74) is 3.92. The van der Waals surface area contributed by atoms with Crippen molar-refractivity contribution in [2.45, 2.75) is 24.3 Å². The van der Waals surface area contributed by atoms with Crippen LogP contribution in [0.1, 0.15) is 24.9 Å². The standard InChI is InChI=1S/C25H28ClN3O4S/c1-16(18-5-10-24(33-2)23(26)12-18)28-25(30)29-21-6-8-22(9-7-21)34(31,32)15-17-3-4-19-13-27-14-20(19)11-17/h3-10,12,16-17,27H,11,13-15H2,1-2H3,(H2,28,29,30). The molecule has 2 amide bonds. The molecule has 2 aromatic rings. The van der Waals surface area contributed by atoms with Crippen molar-refractivity contribution in [1.82, 2.24) is 10.6 Å². The van der Waals surface area contributed by atoms with E-state index in [9.17, 15) is 13.2 Å². The molecule has 2 aromatic carbocycles. The molecular formula is C25H28ClN3O4S. The van der Waals surface area contributed by atoms with E-state index in [1.165, 1.54) is 23.3 Å². The van der Waals surface area contributed by atoms with Crippen LogP contribution in [0.25, 0.3) is 0 Å². The minimum absolute atomic E-state index is 0.0276. The molecule has 2 unspecified atom stereocenters. The number of anilines is 1. The number of amides is 2. The first-order chi connectivity index (χ1) is 16.2. The molecule has 2 aliphatic rings. The number of hydrogen-bond acceptors (Lipinski definition) is 5. The van der Waals surface area contributed by atoms with Crippen LogP contribution in [0, 0.1) is 5.92 Å². The summed E-state index contributed by atoms with van der Waals surface area (Å²) >= 11 is 6.17. The molecular weight excluding hydrogens is 474 g/mol. The highest BCUT2D eigenvalue weighted by atomic mass is 35.5. The zero-order valence-corrected chi connectivity index (χ0v) is 20.7. The topological polar surface area (TPSA) is 96.5 Å². The Morgan fingerprint density at radius 2 is 1.97 bits per heavy atom. The van der Waals surface area contributed by atoms with Crippen LogP contribution in [-0.2, 0) is 9.84 Å². The highest BCUT2D eigenvalue weighted by Gasteiger charge is 2.25. The van der Waals surface area contributed by atoms with Gasteiger partial charge < -0.3 is 20.7 Å². The van der Waals surface area contributed by atoms with Crippen molar-refractivity contribution in [3.63, 3.8) is 0 Å². The Morgan fingerprint density at radius 3 is 2.68 bits per heavy atom. The Hall–Kier alpha value is -2.81. The second-order valence-corrected chi connectivity index (χ2v) is 11.0. The van der Waals surface area contributed by atoms with Crippen LogP contribution in [0.3, 0.4) is 0 Å². The first kappa shape index (κ1) is 24.3. The SMILES string of the molecule is COc1ccc(C(C)NC(=O)Nc2ccc(S(=O)(=O)CC3C=CC4=C(CNC4)C3)cc2)cc1Cl. The number of hydrogen-bond donors (Lipinski definition) is 3. The van der Waals surface area contributed by atoms with Gasteiger partial charge >= 0.3 is 6.03 Å². The van der Waals surface area contributed by atoms with Crippen LogP contribution in [0.5, 0.6) is 5.75 Å². The fourth-order valence-electron chi connectivity index (χ4n) is 4.24. The van der Waals surface area contributed by atoms with E-state index in [1.54, 1.807) is 31.4 Å². The number of nitrogens with one attached hydrogen (secondary N) is 3. The van der Waals surface area contributed by atoms with Crippen molar-refractivity contribution < 1.29 is 17.9 Å². The maximum absolute atomic E-state index is 12.9. The quantitative estimate of drug-likeness (QED) is 0.519. The van der Waals surface area contributed by atoms with E-state index in [4.69, 9.17) is 16.3 Å². The highest BCUT2D eigenvalue weighted by Crippen LogP contribution is 2.29. The average molecular weight is 502 g/mol. The molecule has 3 N–H and O–H groups in total. The number of sulfone groups is 1. The van der Waals surface area contributed by atoms with E-state index >= 15 is 0 Å². The molecule has 1 aliphatic heterocycles. The molecule has 34 heavy (non-hydrogen) atoms. The van der Waals surface area contributed by atoms with Gasteiger partial charge in [-0.05, 0) is 66.8 Å². The smallest absolute Gasteiger partial charge is 0.319 e. The van der Waals surface area contributed by atoms with Crippen molar-refractivity contribution in [2.75, 3.05) is 31.3 Å². The van der Waals surface area contributed by atoms with E-state index in [0.29, 0.717) is 16.5 Å². The van der Waals surface area contributed by atoms with E-state index < -0.39 is 15.9 Å². The molecule has 1 aliphatic carbocycles. The molecule has 180 valence electrons. The number of carbonyl (C=O) groups is 1. The summed E-state index contributed by atoms with van der Waals surface area (Å²) < 4.78 is 31.0. The zero-order valence-electron chi connectivity index (χ0n) is 19.1. The van der Waals surface area contributed by atoms with Crippen LogP contribution in [0.4, 0.5) is 10.5 Å². The normalized spacial score (nSPS) is 18.4. The highest BCUT2D eigenvalue weighted by molar-refractivity contribution is 7.91. The lowest BCUT2D eigenvalue weighted by Crippen LogP contribution is -2.31. The molecule has 0 fully saturated rings. The molecule has 9 heteroatoms. The van der Waals surface area contributed by atoms with Crippen molar-refractivity contribution in [3.05, 3.63) is 76.3 Å². The lowest BCUT2D eigenvalue weighted by atomic mass is 9.92. The second-order valence-electron chi connectivity index (χ2n) is 8.58. The maximum Gasteiger partial charge on any atom is 0.319 e. The molecule has 0 saturated heterocycles. The lowest BCUT2D eigenvalue weighted by Gasteiger charge is -2.18. The van der Waals surface area contributed by atoms with Crippen LogP contribution in [0.2, 0.25) is 5.02 Å². The maximum atomic E-state index is 12.9. The van der Waals surface area contributed by atoms with Gasteiger partial charge in [-0.1, -0.05) is 35.4 Å². The second kappa shape index (κ2) is 10.2. The van der Waals surface area contributed by atoms with Crippen LogP contribution in [0.15, 0.2) is 70.7 Å². The number of ether oxygens (including phenoxy) is 1. The number of halogens is 1. The number of carbonyl (C=O) groups excluding carboxylic acids is 1. The summed E-state index contributed by atoms with van der Waals surface area (Å²) in [7, 11) is -1.90. The number of urea groups is 1. The van der Waals surface area contributed by atoms with Crippen LogP contribution >= 0.6 is 11.6 Å². The number of allylic oxidation sites excluding steroid dienone is 1. The van der Waals surface area contributed by atoms with Crippen LogP contribution < -0.4 is 20.7 Å². The van der Waals surface area contributed by atoms with Gasteiger partial charge in [0.25, 0.3) is 0 Å². The Morgan fingerprint density at radius 1 is 1.21 bits per heavy atom. The minimum atomic E-state index is -3.44. The molecule has 0 bridgehead atoms. The van der Waals surface area contributed by atoms with Gasteiger partial charge in [-0.2, -0.15) is 0 Å². The summed E-state index contributed by atoms with van der Waals surface area (Å²) in [6.45, 7) is 3.54. The molecule has 0 radical (unpaired) electrons. The fourth-order valence-corrected chi connectivity index (χ4v) is 6.04. The van der Waals surface area contributed by atoms with Gasteiger partial charge in [0, 0.05) is 18.8 Å². The third-order valence-electron chi connectivity index (χ3n) is 6.11. The van der Waals surface area contributed by atoms with Gasteiger partial charge in [-0.3, -0.25) is 0 Å². The predicted molar refractivity (Wildman–Crippen MR) is 134 cm³/mol. The lowest BCUT2D eigenvalue weighted by molar-refractivity contribution is 0.249. The molecule has 0 spiro atoms. The Labute approximate surface area is 205 Å². The summed E-state index contributed by atoms with van der Waals surface area (Å²) in [5, 5.41) is 9.35. The first-order valence-corrected chi connectivity index (χ1v) is 13.1. The first-order valence-electron chi connectivity index (χ1n) is 11.1. The Kier molecular flexibility index (Phi) is 7.30. The molecule has 7 nitrogen and oxygen atoms in total. The third kappa shape index (κ3) is 5.63. The van der Waals surface area contributed by atoms with Gasteiger partial charge in [0.15, 0.2) is 9.84 Å². The summed E-state index contributed by atoms with van der Waals surface area (Å²) in [4.78, 5) is 12.7. The predicted octanol–water partition coefficient (Wildman–Crippen LogP) is 4.48. The van der Waals surface area contributed by atoms with Crippen molar-refractivity contribution in [3.8, 4) is 5.75 Å². The molecule has 0 aromatic heterocycles. The van der Waals surface area contributed by atoms with Gasteiger partial charge in [-0.15, -0.1) is 0 Å². The van der Waals surface area contributed by atoms with Gasteiger partial charge in [0.2, 0.25) is 0 Å².